The van der Waals surface area contributed by atoms with Crippen LogP contribution in [-0.4, -0.2) is 43.0 Å². The van der Waals surface area contributed by atoms with Crippen LogP contribution >= 0.6 is 0 Å². The number of likely N-dealkylation sites (tertiary alicyclic amines) is 1. The van der Waals surface area contributed by atoms with Crippen LogP contribution in [0.5, 0.6) is 0 Å². The van der Waals surface area contributed by atoms with Crippen LogP contribution in [0.1, 0.15) is 44.1 Å². The van der Waals surface area contributed by atoms with Gasteiger partial charge in [-0.05, 0) is 73.5 Å². The second kappa shape index (κ2) is 11.1. The van der Waals surface area contributed by atoms with Crippen LogP contribution in [0.3, 0.4) is 0 Å². The van der Waals surface area contributed by atoms with Gasteiger partial charge in [0.15, 0.2) is 0 Å². The Morgan fingerprint density at radius 3 is 2.29 bits per heavy atom. The number of benzene rings is 2. The lowest BCUT2D eigenvalue weighted by molar-refractivity contribution is -0.137. The summed E-state index contributed by atoms with van der Waals surface area (Å²) in [6.07, 6.45) is 0.306. The van der Waals surface area contributed by atoms with Crippen molar-refractivity contribution in [2.75, 3.05) is 36.4 Å². The molecule has 0 radical (unpaired) electrons. The molecule has 9 heteroatoms. The van der Waals surface area contributed by atoms with E-state index in [4.69, 9.17) is 0 Å². The first-order valence-electron chi connectivity index (χ1n) is 12.2. The normalized spacial score (nSPS) is 17.9. The summed E-state index contributed by atoms with van der Waals surface area (Å²) in [5, 5.41) is 5.60. The molecule has 6 nitrogen and oxygen atoms in total. The number of nitrogens with zero attached hydrogens (tertiary/aromatic N) is 3. The van der Waals surface area contributed by atoms with Crippen molar-refractivity contribution in [1.82, 2.24) is 4.90 Å². The van der Waals surface area contributed by atoms with Crippen LogP contribution in [-0.2, 0) is 11.0 Å². The smallest absolute Gasteiger partial charge is 0.382 e. The molecular weight excluding hydrogens is 457 g/mol. The van der Waals surface area contributed by atoms with Crippen LogP contribution in [0, 0.1) is 10.8 Å². The monoisotopic (exact) mass is 488 g/mol. The van der Waals surface area contributed by atoms with Crippen molar-refractivity contribution in [2.45, 2.75) is 50.7 Å². The number of anilines is 2. The first-order valence-corrected chi connectivity index (χ1v) is 12.2. The van der Waals surface area contributed by atoms with Gasteiger partial charge < -0.3 is 15.1 Å². The van der Waals surface area contributed by atoms with E-state index >= 15 is 0 Å². The minimum absolute atomic E-state index is 0.0301. The number of nitrogens with one attached hydrogen (secondary N) is 1. The lowest BCUT2D eigenvalue weighted by Gasteiger charge is -2.35. The third-order valence-electron chi connectivity index (χ3n) is 7.12. The quantitative estimate of drug-likeness (QED) is 0.471. The Morgan fingerprint density at radius 1 is 0.971 bits per heavy atom. The van der Waals surface area contributed by atoms with Crippen LogP contribution in [0.15, 0.2) is 53.7 Å². The van der Waals surface area contributed by atoms with Crippen molar-refractivity contribution in [3.63, 3.8) is 0 Å². The number of carbonyl (C=O) groups is 1. The summed E-state index contributed by atoms with van der Waals surface area (Å²) in [4.78, 5) is 27.7. The average molecular weight is 489 g/mol. The zero-order valence-electron chi connectivity index (χ0n) is 19.6. The number of carbonyl (C=O) groups excluding carboxylic acids is 1. The fourth-order valence-corrected chi connectivity index (χ4v) is 5.05. The summed E-state index contributed by atoms with van der Waals surface area (Å²) < 4.78 is 39.5. The number of amides is 1. The van der Waals surface area contributed by atoms with E-state index < -0.39 is 17.4 Å². The van der Waals surface area contributed by atoms with Crippen LogP contribution in [0.4, 0.5) is 30.2 Å². The molecule has 2 fully saturated rings. The van der Waals surface area contributed by atoms with E-state index in [1.54, 1.807) is 0 Å². The van der Waals surface area contributed by atoms with Crippen molar-refractivity contribution in [3.05, 3.63) is 59.0 Å². The molecule has 1 N–H and O–H groups in total. The lowest BCUT2D eigenvalue weighted by atomic mass is 9.91. The Kier molecular flexibility index (Phi) is 7.93. The average Bonchev–Trinajstić information content (AvgIpc) is 2.88. The van der Waals surface area contributed by atoms with E-state index in [0.717, 1.165) is 44.5 Å². The highest BCUT2D eigenvalue weighted by atomic mass is 19.4. The summed E-state index contributed by atoms with van der Waals surface area (Å²) in [7, 11) is 0. The van der Waals surface area contributed by atoms with Crippen molar-refractivity contribution in [1.29, 1.82) is 0 Å². The third kappa shape index (κ3) is 6.52. The molecule has 4 rings (SSSR count). The molecule has 2 saturated heterocycles. The molecule has 1 amide bonds. The molecule has 2 heterocycles. The number of alkyl halides is 3. The van der Waals surface area contributed by atoms with Gasteiger partial charge in [-0.3, -0.25) is 4.79 Å². The fraction of sp³-hybridized carbons (Fsp3) is 0.500. The molecule has 0 bridgehead atoms. The Hall–Kier alpha value is -3.10. The summed E-state index contributed by atoms with van der Waals surface area (Å²) in [5.41, 5.74) is -0.102. The number of hydrogen-bond donors (Lipinski definition) is 1. The molecule has 0 spiro atoms. The summed E-state index contributed by atoms with van der Waals surface area (Å²) >= 11 is 0. The zero-order valence-corrected chi connectivity index (χ0v) is 19.6. The molecule has 0 aromatic heterocycles. The van der Waals surface area contributed by atoms with E-state index in [9.17, 15) is 22.9 Å². The molecule has 2 aliphatic heterocycles. The molecule has 2 aromatic rings. The van der Waals surface area contributed by atoms with E-state index in [1.165, 1.54) is 11.8 Å². The highest BCUT2D eigenvalue weighted by Crippen LogP contribution is 2.38. The zero-order chi connectivity index (χ0) is 24.8. The van der Waals surface area contributed by atoms with E-state index in [-0.39, 0.29) is 11.9 Å². The van der Waals surface area contributed by atoms with Gasteiger partial charge >= 0.3 is 6.18 Å². The van der Waals surface area contributed by atoms with Gasteiger partial charge in [0, 0.05) is 50.0 Å². The predicted molar refractivity (Wildman–Crippen MR) is 131 cm³/mol. The van der Waals surface area contributed by atoms with Crippen LogP contribution in [0.2, 0.25) is 0 Å². The first-order chi connectivity index (χ1) is 16.8. The standard InChI is InChI=1S/C26H31F3N4O2/c27-26(28,29)23-18-21(7-8-24(23)31-35)30-20-12-16-33(17-13-20)25(34)9-6-19-10-14-32(15-11-19)22-4-2-1-3-5-22/h1-5,7-8,18-20,30H,6,9-17H2. The van der Waals surface area contributed by atoms with E-state index in [0.29, 0.717) is 44.0 Å². The Balaban J connectivity index is 1.19. The number of hydrogen-bond acceptors (Lipinski definition) is 5. The van der Waals surface area contributed by atoms with Gasteiger partial charge in [0.2, 0.25) is 5.91 Å². The lowest BCUT2D eigenvalue weighted by Crippen LogP contribution is -2.42. The minimum atomic E-state index is -4.64. The Morgan fingerprint density at radius 2 is 1.66 bits per heavy atom. The number of para-hydroxylation sites is 1. The molecular formula is C26H31F3N4O2. The van der Waals surface area contributed by atoms with Crippen LogP contribution < -0.4 is 10.2 Å². The summed E-state index contributed by atoms with van der Waals surface area (Å²) in [6, 6.07) is 13.8. The van der Waals surface area contributed by atoms with Gasteiger partial charge in [0.25, 0.3) is 0 Å². The predicted octanol–water partition coefficient (Wildman–Crippen LogP) is 6.20. The van der Waals surface area contributed by atoms with Gasteiger partial charge in [0.1, 0.15) is 5.69 Å². The van der Waals surface area contributed by atoms with Gasteiger partial charge in [-0.25, -0.2) is 0 Å². The van der Waals surface area contributed by atoms with Gasteiger partial charge in [0.05, 0.1) is 5.56 Å². The molecule has 188 valence electrons. The minimum Gasteiger partial charge on any atom is -0.382 e. The second-order valence-corrected chi connectivity index (χ2v) is 9.43. The molecule has 0 unspecified atom stereocenters. The fourth-order valence-electron chi connectivity index (χ4n) is 5.05. The Labute approximate surface area is 203 Å². The number of halogens is 3. The van der Waals surface area contributed by atoms with Crippen LogP contribution in [0.25, 0.3) is 0 Å². The molecule has 2 aromatic carbocycles. The van der Waals surface area contributed by atoms with Crippen molar-refractivity contribution in [2.24, 2.45) is 11.1 Å². The molecule has 0 saturated carbocycles. The largest absolute Gasteiger partial charge is 0.418 e. The topological polar surface area (TPSA) is 65.0 Å². The summed E-state index contributed by atoms with van der Waals surface area (Å²) in [5.74, 6) is 0.722. The van der Waals surface area contributed by atoms with Gasteiger partial charge in [-0.2, -0.15) is 13.2 Å². The Bertz CT molecular complexity index is 999. The maximum Gasteiger partial charge on any atom is 0.418 e. The molecule has 0 aliphatic carbocycles. The highest BCUT2D eigenvalue weighted by molar-refractivity contribution is 5.76. The van der Waals surface area contributed by atoms with Crippen molar-refractivity contribution in [3.8, 4) is 0 Å². The van der Waals surface area contributed by atoms with E-state index in [1.807, 2.05) is 11.0 Å². The van der Waals surface area contributed by atoms with Gasteiger partial charge in [-0.15, -0.1) is 4.91 Å². The maximum absolute atomic E-state index is 13.2. The highest BCUT2D eigenvalue weighted by Gasteiger charge is 2.34. The third-order valence-corrected chi connectivity index (χ3v) is 7.12. The van der Waals surface area contributed by atoms with Crippen molar-refractivity contribution >= 4 is 23.0 Å². The first kappa shape index (κ1) is 25.0. The second-order valence-electron chi connectivity index (χ2n) is 9.43. The van der Waals surface area contributed by atoms with Gasteiger partial charge in [-0.1, -0.05) is 18.2 Å². The van der Waals surface area contributed by atoms with E-state index in [2.05, 4.69) is 39.7 Å². The van der Waals surface area contributed by atoms with Crippen molar-refractivity contribution < 1.29 is 18.0 Å². The maximum atomic E-state index is 13.2. The summed E-state index contributed by atoms with van der Waals surface area (Å²) in [6.45, 7) is 3.20. The molecule has 2 aliphatic rings. The number of piperidine rings is 2. The SMILES string of the molecule is O=Nc1ccc(NC2CCN(C(=O)CCC3CCN(c4ccccc4)CC3)CC2)cc1C(F)(F)F. The molecule has 0 atom stereocenters. The number of rotatable bonds is 7. The molecule has 35 heavy (non-hydrogen) atoms. The number of nitroso groups, excluding NO2 is 1.